The van der Waals surface area contributed by atoms with Gasteiger partial charge in [0.1, 0.15) is 42.0 Å². The molecule has 0 spiro atoms. The van der Waals surface area contributed by atoms with Gasteiger partial charge in [0, 0.05) is 36.5 Å². The molecule has 1 heterocycles. The van der Waals surface area contributed by atoms with Crippen LogP contribution < -0.4 is 0 Å². The Balaban J connectivity index is 1.71. The van der Waals surface area contributed by atoms with Crippen molar-refractivity contribution in [3.8, 4) is 11.5 Å². The summed E-state index contributed by atoms with van der Waals surface area (Å²) in [6, 6.07) is 5.35. The molecule has 12 nitrogen and oxygen atoms in total. The largest absolute Gasteiger partial charge is 0.507 e. The normalized spacial score (nSPS) is 33.9. The van der Waals surface area contributed by atoms with Crippen molar-refractivity contribution in [2.24, 2.45) is 0 Å². The molecule has 2 aromatic rings. The summed E-state index contributed by atoms with van der Waals surface area (Å²) < 4.78 is 22.7. The van der Waals surface area contributed by atoms with Gasteiger partial charge in [-0.3, -0.25) is 15.0 Å². The van der Waals surface area contributed by atoms with Gasteiger partial charge in [-0.15, -0.1) is 0 Å². The van der Waals surface area contributed by atoms with Crippen molar-refractivity contribution >= 4 is 17.3 Å². The third-order valence-corrected chi connectivity index (χ3v) is 7.78. The molecule has 0 unspecified atom stereocenters. The summed E-state index contributed by atoms with van der Waals surface area (Å²) in [5.74, 6) is -2.48. The highest BCUT2D eigenvalue weighted by atomic mass is 16.7. The molecule has 6 N–H and O–H groups in total. The number of nitrogens with one attached hydrogen (secondary N) is 1. The lowest BCUT2D eigenvalue weighted by Crippen LogP contribution is -2.60. The Morgan fingerprint density at radius 3 is 2.33 bits per heavy atom. The predicted octanol–water partition coefficient (Wildman–Crippen LogP) is 0.560. The zero-order chi connectivity index (χ0) is 28.5. The number of ketones is 2. The van der Waals surface area contributed by atoms with Crippen molar-refractivity contribution in [2.75, 3.05) is 14.2 Å². The molecular weight excluding hydrogens is 514 g/mol. The van der Waals surface area contributed by atoms with Gasteiger partial charge in [-0.05, 0) is 26.0 Å². The maximum Gasteiger partial charge on any atom is 0.197 e. The summed E-state index contributed by atoms with van der Waals surface area (Å²) in [5.41, 5.74) is -3.43. The van der Waals surface area contributed by atoms with Crippen LogP contribution in [-0.2, 0) is 18.9 Å². The number of hydrogen-bond acceptors (Lipinski definition) is 12. The monoisotopic (exact) mass is 543 g/mol. The van der Waals surface area contributed by atoms with Gasteiger partial charge in [0.05, 0.1) is 22.9 Å². The minimum Gasteiger partial charge on any atom is -0.507 e. The number of carbonyl (C=O) groups is 2. The first-order chi connectivity index (χ1) is 18.4. The van der Waals surface area contributed by atoms with Crippen LogP contribution in [-0.4, -0.2) is 99.4 Å². The summed E-state index contributed by atoms with van der Waals surface area (Å²) in [4.78, 5) is 26.9. The fourth-order valence-corrected chi connectivity index (χ4v) is 5.70. The van der Waals surface area contributed by atoms with Gasteiger partial charge in [-0.2, -0.15) is 0 Å². The Bertz CT molecular complexity index is 1390. The van der Waals surface area contributed by atoms with Crippen LogP contribution in [0.15, 0.2) is 24.3 Å². The summed E-state index contributed by atoms with van der Waals surface area (Å²) in [6.45, 7) is 2.70. The minimum atomic E-state index is -2.20. The minimum absolute atomic E-state index is 0.0181. The van der Waals surface area contributed by atoms with Gasteiger partial charge in [0.15, 0.2) is 23.5 Å². The summed E-state index contributed by atoms with van der Waals surface area (Å²) in [5, 5.41) is 62.8. The molecule has 1 fully saturated rings. The number of methoxy groups -OCH3 is 2. The highest BCUT2D eigenvalue weighted by Crippen LogP contribution is 2.49. The molecule has 208 valence electrons. The number of aromatic hydroxyl groups is 2. The standard InChI is InChI=1S/C27H29NO11/c1-9-18(30)21(33)23(36-3)26(38-9)39-22-16-12(24(34)27(2,35)25(22)37-4)8-11-15(20(16)32)17(28)14-10(19(11)31)6-5-7-13(14)29/h5-9,18,21-23,25-26,28-30,32-33,35H,1-4H3/t9-,18-,21+,22+,23+,25-,26-,27+/m0/s1. The highest BCUT2D eigenvalue weighted by molar-refractivity contribution is 6.31. The van der Waals surface area contributed by atoms with Crippen molar-refractivity contribution in [3.05, 3.63) is 57.6 Å². The number of benzene rings is 2. The lowest BCUT2D eigenvalue weighted by Gasteiger charge is -2.46. The maximum absolute atomic E-state index is 13.5. The molecule has 0 aromatic heterocycles. The first-order valence-electron chi connectivity index (χ1n) is 12.2. The van der Waals surface area contributed by atoms with Crippen molar-refractivity contribution < 1.29 is 54.1 Å². The molecule has 2 aromatic carbocycles. The molecule has 39 heavy (non-hydrogen) atoms. The van der Waals surface area contributed by atoms with Crippen molar-refractivity contribution in [2.45, 2.75) is 62.4 Å². The van der Waals surface area contributed by atoms with E-state index in [1.54, 1.807) is 0 Å². The van der Waals surface area contributed by atoms with E-state index in [-0.39, 0.29) is 44.8 Å². The van der Waals surface area contributed by atoms with Gasteiger partial charge in [0.25, 0.3) is 0 Å². The fraction of sp³-hybridized carbons (Fsp3) is 0.444. The SMILES string of the molecule is CO[C@H]1[C@H](O[C@@H]2c3c(cc4c(c3O)C(=N)c3c(O)cccc3C4=O)C(=O)[C@@](C)(O)[C@H]2OC)O[C@@H](C)[C@H](O)[C@H]1O. The predicted molar refractivity (Wildman–Crippen MR) is 132 cm³/mol. The molecule has 2 aliphatic carbocycles. The van der Waals surface area contributed by atoms with Crippen LogP contribution in [0.4, 0.5) is 0 Å². The van der Waals surface area contributed by atoms with E-state index in [1.165, 1.54) is 52.3 Å². The Hall–Kier alpha value is -3.23. The average molecular weight is 544 g/mol. The van der Waals surface area contributed by atoms with Crippen LogP contribution in [0.2, 0.25) is 0 Å². The molecule has 5 rings (SSSR count). The average Bonchev–Trinajstić information content (AvgIpc) is 2.88. The Morgan fingerprint density at radius 2 is 1.69 bits per heavy atom. The second kappa shape index (κ2) is 9.45. The summed E-state index contributed by atoms with van der Waals surface area (Å²) in [7, 11) is 2.49. The van der Waals surface area contributed by atoms with Crippen LogP contribution in [0.25, 0.3) is 0 Å². The van der Waals surface area contributed by atoms with E-state index in [1.807, 2.05) is 0 Å². The van der Waals surface area contributed by atoms with E-state index < -0.39 is 65.8 Å². The Labute approximate surface area is 222 Å². The molecule has 0 saturated carbocycles. The molecule has 1 saturated heterocycles. The summed E-state index contributed by atoms with van der Waals surface area (Å²) in [6.07, 6.45) is -9.03. The Morgan fingerprint density at radius 1 is 1.00 bits per heavy atom. The van der Waals surface area contributed by atoms with Crippen LogP contribution >= 0.6 is 0 Å². The van der Waals surface area contributed by atoms with Gasteiger partial charge >= 0.3 is 0 Å². The number of Topliss-reactive ketones (excluding diaryl/α,β-unsaturated/α-hetero) is 1. The number of aliphatic hydroxyl groups is 3. The number of rotatable bonds is 4. The number of carbonyl (C=O) groups excluding carboxylic acids is 2. The van der Waals surface area contributed by atoms with Crippen molar-refractivity contribution in [3.63, 3.8) is 0 Å². The fourth-order valence-electron chi connectivity index (χ4n) is 5.70. The molecule has 1 aliphatic heterocycles. The number of hydrogen-bond donors (Lipinski definition) is 6. The van der Waals surface area contributed by atoms with E-state index >= 15 is 0 Å². The van der Waals surface area contributed by atoms with Crippen LogP contribution in [0.3, 0.4) is 0 Å². The van der Waals surface area contributed by atoms with E-state index in [0.717, 1.165) is 0 Å². The second-order valence-corrected chi connectivity index (χ2v) is 10.1. The topological polar surface area (TPSA) is 196 Å². The Kier molecular flexibility index (Phi) is 6.63. The lowest BCUT2D eigenvalue weighted by molar-refractivity contribution is -0.321. The van der Waals surface area contributed by atoms with E-state index in [0.29, 0.717) is 0 Å². The third kappa shape index (κ3) is 3.83. The smallest absolute Gasteiger partial charge is 0.197 e. The van der Waals surface area contributed by atoms with Gasteiger partial charge < -0.3 is 44.5 Å². The zero-order valence-electron chi connectivity index (χ0n) is 21.5. The molecule has 0 bridgehead atoms. The van der Waals surface area contributed by atoms with Crippen LogP contribution in [0.5, 0.6) is 11.5 Å². The molecule has 0 radical (unpaired) electrons. The first kappa shape index (κ1) is 27.3. The summed E-state index contributed by atoms with van der Waals surface area (Å²) >= 11 is 0. The molecule has 3 aliphatic rings. The van der Waals surface area contributed by atoms with Crippen LogP contribution in [0.1, 0.15) is 62.9 Å². The zero-order valence-corrected chi connectivity index (χ0v) is 21.5. The second-order valence-electron chi connectivity index (χ2n) is 10.1. The number of aliphatic hydroxyl groups excluding tert-OH is 2. The number of phenols is 2. The maximum atomic E-state index is 13.5. The van der Waals surface area contributed by atoms with Crippen LogP contribution in [0, 0.1) is 5.41 Å². The molecular formula is C27H29NO11. The van der Waals surface area contributed by atoms with E-state index in [2.05, 4.69) is 0 Å². The van der Waals surface area contributed by atoms with Crippen molar-refractivity contribution in [1.82, 2.24) is 0 Å². The quantitative estimate of drug-likeness (QED) is 0.269. The molecule has 0 amide bonds. The number of ether oxygens (including phenoxy) is 4. The van der Waals surface area contributed by atoms with Gasteiger partial charge in [-0.25, -0.2) is 0 Å². The molecule has 12 heteroatoms. The van der Waals surface area contributed by atoms with Crippen molar-refractivity contribution in [1.29, 1.82) is 5.41 Å². The highest BCUT2D eigenvalue weighted by Gasteiger charge is 2.55. The number of fused-ring (bicyclic) bond motifs is 3. The lowest BCUT2D eigenvalue weighted by atomic mass is 9.72. The van der Waals surface area contributed by atoms with Gasteiger partial charge in [0.2, 0.25) is 0 Å². The third-order valence-electron chi connectivity index (χ3n) is 7.78. The van der Waals surface area contributed by atoms with E-state index in [9.17, 15) is 35.1 Å². The van der Waals surface area contributed by atoms with E-state index in [4.69, 9.17) is 24.4 Å². The number of phenolic OH excluding ortho intramolecular Hbond substituents is 2. The molecule has 8 atom stereocenters. The van der Waals surface area contributed by atoms with Gasteiger partial charge in [-0.1, -0.05) is 12.1 Å². The first-order valence-corrected chi connectivity index (χ1v) is 12.2.